The summed E-state index contributed by atoms with van der Waals surface area (Å²) in [5.74, 6) is -0.386. The van der Waals surface area contributed by atoms with Crippen molar-refractivity contribution >= 4 is 11.7 Å². The van der Waals surface area contributed by atoms with E-state index in [1.807, 2.05) is 41.8 Å². The van der Waals surface area contributed by atoms with Gasteiger partial charge in [0, 0.05) is 18.9 Å². The second kappa shape index (κ2) is 5.40. The Balaban J connectivity index is 2.01. The predicted octanol–water partition coefficient (Wildman–Crippen LogP) is 2.45. The van der Waals surface area contributed by atoms with Gasteiger partial charge in [0.15, 0.2) is 0 Å². The van der Waals surface area contributed by atoms with Crippen LogP contribution in [0.3, 0.4) is 0 Å². The summed E-state index contributed by atoms with van der Waals surface area (Å²) < 4.78 is 7.08. The third kappa shape index (κ3) is 2.71. The Bertz CT molecular complexity index is 532. The molecule has 0 fully saturated rings. The number of hydrogen-bond donors (Lipinski definition) is 1. The Morgan fingerprint density at radius 1 is 1.28 bits per heavy atom. The largest absolute Gasteiger partial charge is 0.457 e. The van der Waals surface area contributed by atoms with Crippen molar-refractivity contribution in [1.82, 2.24) is 4.57 Å². The van der Waals surface area contributed by atoms with E-state index in [4.69, 9.17) is 10.5 Å². The molecule has 94 valence electrons. The average molecular weight is 244 g/mol. The minimum absolute atomic E-state index is 0.260. The number of aryl methyl sites for hydroxylation is 1. The molecule has 0 aliphatic rings. The second-order valence-corrected chi connectivity index (χ2v) is 4.02. The number of nitrogens with two attached hydrogens (primary N) is 1. The molecule has 0 saturated heterocycles. The fourth-order valence-corrected chi connectivity index (χ4v) is 1.68. The smallest absolute Gasteiger partial charge is 0.342 e. The molecular formula is C14H16N2O2. The summed E-state index contributed by atoms with van der Waals surface area (Å²) in [6.07, 6.45) is 3.45. The summed E-state index contributed by atoms with van der Waals surface area (Å²) in [4.78, 5) is 11.9. The maximum absolute atomic E-state index is 11.9. The molecule has 4 heteroatoms. The molecule has 2 rings (SSSR count). The maximum atomic E-state index is 11.9. The summed E-state index contributed by atoms with van der Waals surface area (Å²) in [6, 6.07) is 9.56. The highest BCUT2D eigenvalue weighted by molar-refractivity contribution is 5.94. The third-order valence-corrected chi connectivity index (χ3v) is 2.71. The van der Waals surface area contributed by atoms with Crippen molar-refractivity contribution < 1.29 is 9.53 Å². The third-order valence-electron chi connectivity index (χ3n) is 2.71. The van der Waals surface area contributed by atoms with Crippen molar-refractivity contribution in [3.8, 4) is 0 Å². The Hall–Kier alpha value is -2.23. The van der Waals surface area contributed by atoms with Gasteiger partial charge >= 0.3 is 5.97 Å². The van der Waals surface area contributed by atoms with Crippen LogP contribution in [0.1, 0.15) is 22.8 Å². The number of rotatable bonds is 4. The lowest BCUT2D eigenvalue weighted by Gasteiger charge is -2.04. The number of benzene rings is 1. The summed E-state index contributed by atoms with van der Waals surface area (Å²) in [6.45, 7) is 3.02. The van der Waals surface area contributed by atoms with Crippen molar-refractivity contribution in [2.24, 2.45) is 0 Å². The van der Waals surface area contributed by atoms with E-state index in [2.05, 4.69) is 0 Å². The van der Waals surface area contributed by atoms with E-state index in [-0.39, 0.29) is 12.6 Å². The Morgan fingerprint density at radius 2 is 2.00 bits per heavy atom. The van der Waals surface area contributed by atoms with Crippen LogP contribution in [0.25, 0.3) is 0 Å². The van der Waals surface area contributed by atoms with Gasteiger partial charge < -0.3 is 15.0 Å². The van der Waals surface area contributed by atoms with Crippen LogP contribution >= 0.6 is 0 Å². The Morgan fingerprint density at radius 3 is 2.61 bits per heavy atom. The SMILES string of the molecule is CCn1cc(N)c(C(=O)OCc2ccccc2)c1. The van der Waals surface area contributed by atoms with Crippen molar-refractivity contribution in [2.75, 3.05) is 5.73 Å². The number of ether oxygens (including phenoxy) is 1. The first-order valence-electron chi connectivity index (χ1n) is 5.87. The number of esters is 1. The van der Waals surface area contributed by atoms with Crippen LogP contribution in [0.5, 0.6) is 0 Å². The molecule has 18 heavy (non-hydrogen) atoms. The Kier molecular flexibility index (Phi) is 3.67. The fraction of sp³-hybridized carbons (Fsp3) is 0.214. The molecule has 1 heterocycles. The van der Waals surface area contributed by atoms with Crippen molar-refractivity contribution in [2.45, 2.75) is 20.1 Å². The van der Waals surface area contributed by atoms with Crippen molar-refractivity contribution in [3.63, 3.8) is 0 Å². The standard InChI is InChI=1S/C14H16N2O2/c1-2-16-8-12(13(15)9-16)14(17)18-10-11-6-4-3-5-7-11/h3-9H,2,10,15H2,1H3. The minimum atomic E-state index is -0.386. The average Bonchev–Trinajstić information content (AvgIpc) is 2.78. The van der Waals surface area contributed by atoms with Gasteiger partial charge in [-0.05, 0) is 12.5 Å². The number of carbonyl (C=O) groups excluding carboxylic acids is 1. The molecule has 0 aliphatic carbocycles. The quantitative estimate of drug-likeness (QED) is 0.840. The fourth-order valence-electron chi connectivity index (χ4n) is 1.68. The zero-order valence-corrected chi connectivity index (χ0v) is 10.3. The highest BCUT2D eigenvalue weighted by Crippen LogP contribution is 2.15. The van der Waals surface area contributed by atoms with Crippen LogP contribution in [0.4, 0.5) is 5.69 Å². The monoisotopic (exact) mass is 244 g/mol. The molecule has 1 aromatic heterocycles. The van der Waals surface area contributed by atoms with Crippen LogP contribution in [0.2, 0.25) is 0 Å². The van der Waals surface area contributed by atoms with E-state index in [1.165, 1.54) is 0 Å². The zero-order chi connectivity index (χ0) is 13.0. The van der Waals surface area contributed by atoms with Gasteiger partial charge in [0.2, 0.25) is 0 Å². The van der Waals surface area contributed by atoms with Crippen molar-refractivity contribution in [3.05, 3.63) is 53.9 Å². The number of anilines is 1. The summed E-state index contributed by atoms with van der Waals surface area (Å²) >= 11 is 0. The second-order valence-electron chi connectivity index (χ2n) is 4.02. The van der Waals surface area contributed by atoms with Gasteiger partial charge in [-0.25, -0.2) is 4.79 Å². The van der Waals surface area contributed by atoms with Gasteiger partial charge in [0.1, 0.15) is 12.2 Å². The first kappa shape index (κ1) is 12.2. The number of nitrogens with zero attached hydrogens (tertiary/aromatic N) is 1. The first-order valence-corrected chi connectivity index (χ1v) is 5.87. The van der Waals surface area contributed by atoms with Gasteiger partial charge in [-0.1, -0.05) is 30.3 Å². The Labute approximate surface area is 106 Å². The number of nitrogen functional groups attached to an aromatic ring is 1. The van der Waals surface area contributed by atoms with E-state index in [0.717, 1.165) is 12.1 Å². The summed E-state index contributed by atoms with van der Waals surface area (Å²) in [7, 11) is 0. The molecule has 0 aliphatic heterocycles. The van der Waals surface area contributed by atoms with E-state index < -0.39 is 0 Å². The molecule has 0 bridgehead atoms. The van der Waals surface area contributed by atoms with Gasteiger partial charge in [0.25, 0.3) is 0 Å². The number of carbonyl (C=O) groups is 1. The van der Waals surface area contributed by atoms with Gasteiger partial charge in [-0.15, -0.1) is 0 Å². The van der Waals surface area contributed by atoms with E-state index >= 15 is 0 Å². The van der Waals surface area contributed by atoms with E-state index in [1.54, 1.807) is 12.4 Å². The number of hydrogen-bond acceptors (Lipinski definition) is 3. The van der Waals surface area contributed by atoms with Gasteiger partial charge in [0.05, 0.1) is 5.69 Å². The molecule has 0 radical (unpaired) electrons. The predicted molar refractivity (Wildman–Crippen MR) is 70.1 cm³/mol. The molecule has 1 aromatic carbocycles. The topological polar surface area (TPSA) is 57.2 Å². The molecule has 0 amide bonds. The summed E-state index contributed by atoms with van der Waals surface area (Å²) in [5, 5.41) is 0. The van der Waals surface area contributed by atoms with E-state index in [0.29, 0.717) is 11.3 Å². The minimum Gasteiger partial charge on any atom is -0.457 e. The van der Waals surface area contributed by atoms with Gasteiger partial charge in [-0.3, -0.25) is 0 Å². The zero-order valence-electron chi connectivity index (χ0n) is 10.3. The van der Waals surface area contributed by atoms with Crippen LogP contribution in [0.15, 0.2) is 42.7 Å². The maximum Gasteiger partial charge on any atom is 0.342 e. The lowest BCUT2D eigenvalue weighted by molar-refractivity contribution is 0.0474. The molecular weight excluding hydrogens is 228 g/mol. The molecule has 0 atom stereocenters. The molecule has 0 unspecified atom stereocenters. The van der Waals surface area contributed by atoms with Crippen LogP contribution in [0, 0.1) is 0 Å². The molecule has 2 N–H and O–H groups in total. The highest BCUT2D eigenvalue weighted by atomic mass is 16.5. The normalized spacial score (nSPS) is 10.3. The molecule has 4 nitrogen and oxygen atoms in total. The van der Waals surface area contributed by atoms with Crippen LogP contribution in [-0.4, -0.2) is 10.5 Å². The van der Waals surface area contributed by atoms with Crippen LogP contribution < -0.4 is 5.73 Å². The molecule has 0 saturated carbocycles. The van der Waals surface area contributed by atoms with Crippen molar-refractivity contribution in [1.29, 1.82) is 0 Å². The molecule has 0 spiro atoms. The molecule has 2 aromatic rings. The lowest BCUT2D eigenvalue weighted by atomic mass is 10.2. The summed E-state index contributed by atoms with van der Waals surface area (Å²) in [5.41, 5.74) is 7.60. The number of aromatic nitrogens is 1. The van der Waals surface area contributed by atoms with Crippen LogP contribution in [-0.2, 0) is 17.9 Å². The first-order chi connectivity index (χ1) is 8.70. The van der Waals surface area contributed by atoms with Gasteiger partial charge in [-0.2, -0.15) is 0 Å². The van der Waals surface area contributed by atoms with E-state index in [9.17, 15) is 4.79 Å². The lowest BCUT2D eigenvalue weighted by Crippen LogP contribution is -2.06. The highest BCUT2D eigenvalue weighted by Gasteiger charge is 2.13.